The highest BCUT2D eigenvalue weighted by Crippen LogP contribution is 2.23. The van der Waals surface area contributed by atoms with Crippen LogP contribution in [0.15, 0.2) is 24.4 Å². The van der Waals surface area contributed by atoms with E-state index in [0.29, 0.717) is 12.5 Å². The summed E-state index contributed by atoms with van der Waals surface area (Å²) in [4.78, 5) is 20.1. The number of aromatic nitrogens is 1. The lowest BCUT2D eigenvalue weighted by Crippen LogP contribution is -2.40. The van der Waals surface area contributed by atoms with Gasteiger partial charge in [0.1, 0.15) is 0 Å². The molecular formula is C19H27N3O2. The van der Waals surface area contributed by atoms with Crippen LogP contribution in [0.4, 0.5) is 0 Å². The van der Waals surface area contributed by atoms with Gasteiger partial charge < -0.3 is 14.6 Å². The third kappa shape index (κ3) is 3.32. The van der Waals surface area contributed by atoms with Crippen molar-refractivity contribution >= 4 is 16.8 Å². The molecule has 1 saturated heterocycles. The number of aryl methyl sites for hydroxylation is 1. The van der Waals surface area contributed by atoms with Crippen molar-refractivity contribution in [1.82, 2.24) is 14.8 Å². The van der Waals surface area contributed by atoms with Crippen molar-refractivity contribution in [1.29, 1.82) is 0 Å². The van der Waals surface area contributed by atoms with E-state index in [4.69, 9.17) is 4.74 Å². The van der Waals surface area contributed by atoms with Crippen LogP contribution in [0.25, 0.3) is 10.9 Å². The third-order valence-corrected chi connectivity index (χ3v) is 5.23. The molecule has 24 heavy (non-hydrogen) atoms. The summed E-state index contributed by atoms with van der Waals surface area (Å²) in [5.74, 6) is 0.161. The van der Waals surface area contributed by atoms with Crippen molar-refractivity contribution in [2.24, 2.45) is 0 Å². The van der Waals surface area contributed by atoms with Crippen LogP contribution in [-0.2, 0) is 16.0 Å². The summed E-state index contributed by atoms with van der Waals surface area (Å²) in [5.41, 5.74) is 3.38. The van der Waals surface area contributed by atoms with Crippen molar-refractivity contribution in [3.63, 3.8) is 0 Å². The Hall–Kier alpha value is -1.85. The number of amides is 1. The van der Waals surface area contributed by atoms with E-state index >= 15 is 0 Å². The maximum atomic E-state index is 12.7. The molecule has 0 spiro atoms. The van der Waals surface area contributed by atoms with Crippen molar-refractivity contribution in [3.8, 4) is 0 Å². The molecule has 0 unspecified atom stereocenters. The molecule has 130 valence electrons. The molecule has 1 aliphatic heterocycles. The van der Waals surface area contributed by atoms with Crippen LogP contribution in [-0.4, -0.2) is 67.1 Å². The summed E-state index contributed by atoms with van der Waals surface area (Å²) in [6.07, 6.45) is 3.66. The summed E-state index contributed by atoms with van der Waals surface area (Å²) < 4.78 is 5.45. The van der Waals surface area contributed by atoms with Gasteiger partial charge in [0.05, 0.1) is 12.5 Å². The molecule has 1 fully saturated rings. The molecule has 0 radical (unpaired) electrons. The van der Waals surface area contributed by atoms with Crippen molar-refractivity contribution in [2.75, 3.05) is 34.3 Å². The normalized spacial score (nSPS) is 21.5. The van der Waals surface area contributed by atoms with Gasteiger partial charge in [-0.3, -0.25) is 9.69 Å². The number of likely N-dealkylation sites (N-methyl/N-ethyl adjacent to an activating group) is 2. The standard InChI is InChI=1S/C19H27N3O2/c1-13-6-5-7-17-19(13)14(10-20-17)8-18(23)22(3)11-15-9-16(24-4)12-21(15)2/h5-7,10,15-16,20H,8-9,11-12H2,1-4H3/t15-,16-/m0/s1. The van der Waals surface area contributed by atoms with Gasteiger partial charge in [-0.05, 0) is 37.6 Å². The second kappa shape index (κ2) is 6.95. The second-order valence-electron chi connectivity index (χ2n) is 6.95. The topological polar surface area (TPSA) is 48.6 Å². The van der Waals surface area contributed by atoms with Crippen molar-refractivity contribution in [2.45, 2.75) is 31.9 Å². The fraction of sp³-hybridized carbons (Fsp3) is 0.526. The first-order valence-electron chi connectivity index (χ1n) is 8.52. The Bertz CT molecular complexity index is 724. The number of carbonyl (C=O) groups excluding carboxylic acids is 1. The van der Waals surface area contributed by atoms with Crippen LogP contribution in [0, 0.1) is 6.92 Å². The molecule has 0 saturated carbocycles. The number of carbonyl (C=O) groups is 1. The van der Waals surface area contributed by atoms with E-state index in [1.54, 1.807) is 7.11 Å². The average Bonchev–Trinajstić information content (AvgIpc) is 3.12. The molecule has 2 aromatic rings. The highest BCUT2D eigenvalue weighted by Gasteiger charge is 2.31. The van der Waals surface area contributed by atoms with Gasteiger partial charge in [-0.1, -0.05) is 12.1 Å². The number of likely N-dealkylation sites (tertiary alicyclic amines) is 1. The number of aromatic amines is 1. The lowest BCUT2D eigenvalue weighted by atomic mass is 10.0. The van der Waals surface area contributed by atoms with E-state index in [-0.39, 0.29) is 12.0 Å². The highest BCUT2D eigenvalue weighted by atomic mass is 16.5. The molecule has 1 amide bonds. The van der Waals surface area contributed by atoms with Crippen LogP contribution in [0.1, 0.15) is 17.5 Å². The maximum Gasteiger partial charge on any atom is 0.226 e. The molecule has 1 aromatic carbocycles. The minimum atomic E-state index is 0.161. The number of rotatable bonds is 5. The van der Waals surface area contributed by atoms with Crippen LogP contribution in [0.2, 0.25) is 0 Å². The summed E-state index contributed by atoms with van der Waals surface area (Å²) >= 11 is 0. The van der Waals surface area contributed by atoms with Crippen LogP contribution >= 0.6 is 0 Å². The van der Waals surface area contributed by atoms with Gasteiger partial charge in [0.15, 0.2) is 0 Å². The molecule has 5 heteroatoms. The van der Waals surface area contributed by atoms with Gasteiger partial charge in [0, 0.05) is 50.4 Å². The fourth-order valence-corrected chi connectivity index (χ4v) is 3.72. The van der Waals surface area contributed by atoms with Crippen molar-refractivity contribution < 1.29 is 9.53 Å². The summed E-state index contributed by atoms with van der Waals surface area (Å²) in [6, 6.07) is 6.55. The molecule has 1 aromatic heterocycles. The minimum absolute atomic E-state index is 0.161. The number of hydrogen-bond donors (Lipinski definition) is 1. The third-order valence-electron chi connectivity index (χ3n) is 5.23. The molecule has 5 nitrogen and oxygen atoms in total. The first kappa shape index (κ1) is 17.0. The molecule has 0 bridgehead atoms. The van der Waals surface area contributed by atoms with E-state index in [0.717, 1.165) is 30.6 Å². The summed E-state index contributed by atoms with van der Waals surface area (Å²) in [7, 11) is 5.76. The van der Waals surface area contributed by atoms with E-state index in [1.165, 1.54) is 10.9 Å². The molecule has 3 rings (SSSR count). The number of nitrogens with one attached hydrogen (secondary N) is 1. The van der Waals surface area contributed by atoms with Gasteiger partial charge >= 0.3 is 0 Å². The molecule has 0 aliphatic carbocycles. The quantitative estimate of drug-likeness (QED) is 0.915. The van der Waals surface area contributed by atoms with Crippen molar-refractivity contribution in [3.05, 3.63) is 35.5 Å². The van der Waals surface area contributed by atoms with E-state index in [2.05, 4.69) is 36.0 Å². The lowest BCUT2D eigenvalue weighted by molar-refractivity contribution is -0.129. The Balaban J connectivity index is 1.66. The van der Waals surface area contributed by atoms with E-state index in [9.17, 15) is 4.79 Å². The Morgan fingerprint density at radius 3 is 2.96 bits per heavy atom. The number of H-pyrrole nitrogens is 1. The number of methoxy groups -OCH3 is 1. The summed E-state index contributed by atoms with van der Waals surface area (Å²) in [5, 5.41) is 1.18. The largest absolute Gasteiger partial charge is 0.380 e. The molecule has 2 atom stereocenters. The van der Waals surface area contributed by atoms with E-state index in [1.807, 2.05) is 24.2 Å². The first-order valence-corrected chi connectivity index (χ1v) is 8.52. The number of fused-ring (bicyclic) bond motifs is 1. The van der Waals surface area contributed by atoms with Gasteiger partial charge in [0.2, 0.25) is 5.91 Å². The predicted molar refractivity (Wildman–Crippen MR) is 96.2 cm³/mol. The van der Waals surface area contributed by atoms with Gasteiger partial charge in [-0.15, -0.1) is 0 Å². The summed E-state index contributed by atoms with van der Waals surface area (Å²) in [6.45, 7) is 3.77. The first-order chi connectivity index (χ1) is 11.5. The van der Waals surface area contributed by atoms with Gasteiger partial charge in [0.25, 0.3) is 0 Å². The SMILES string of the molecule is CO[C@H]1C[C@@H](CN(C)C(=O)Cc2c[nH]c3cccc(C)c23)N(C)C1. The van der Waals surface area contributed by atoms with Gasteiger partial charge in [-0.25, -0.2) is 0 Å². The Labute approximate surface area is 143 Å². The molecular weight excluding hydrogens is 302 g/mol. The van der Waals surface area contributed by atoms with Crippen LogP contribution < -0.4 is 0 Å². The monoisotopic (exact) mass is 329 g/mol. The molecule has 2 heterocycles. The Morgan fingerprint density at radius 2 is 2.25 bits per heavy atom. The highest BCUT2D eigenvalue weighted by molar-refractivity contribution is 5.91. The zero-order chi connectivity index (χ0) is 17.3. The maximum absolute atomic E-state index is 12.7. The van der Waals surface area contributed by atoms with E-state index < -0.39 is 0 Å². The minimum Gasteiger partial charge on any atom is -0.380 e. The zero-order valence-corrected chi connectivity index (χ0v) is 15.0. The zero-order valence-electron chi connectivity index (χ0n) is 15.0. The van der Waals surface area contributed by atoms with Crippen LogP contribution in [0.3, 0.4) is 0 Å². The number of benzene rings is 1. The van der Waals surface area contributed by atoms with Crippen LogP contribution in [0.5, 0.6) is 0 Å². The Morgan fingerprint density at radius 1 is 1.46 bits per heavy atom. The van der Waals surface area contributed by atoms with Gasteiger partial charge in [-0.2, -0.15) is 0 Å². The average molecular weight is 329 g/mol. The molecule has 1 N–H and O–H groups in total. The smallest absolute Gasteiger partial charge is 0.226 e. The Kier molecular flexibility index (Phi) is 4.92. The second-order valence-corrected chi connectivity index (χ2v) is 6.95. The fourth-order valence-electron chi connectivity index (χ4n) is 3.72. The molecule has 1 aliphatic rings. The number of hydrogen-bond acceptors (Lipinski definition) is 3. The lowest BCUT2D eigenvalue weighted by Gasteiger charge is -2.25. The number of nitrogens with zero attached hydrogens (tertiary/aromatic N) is 2. The predicted octanol–water partition coefficient (Wildman–Crippen LogP) is 2.20. The number of ether oxygens (including phenoxy) is 1.